The summed E-state index contributed by atoms with van der Waals surface area (Å²) >= 11 is 0. The number of carbonyl (C=O) groups excluding carboxylic acids is 3. The number of ether oxygens (including phenoxy) is 1. The van der Waals surface area contributed by atoms with Gasteiger partial charge in [0.05, 0.1) is 30.0 Å². The van der Waals surface area contributed by atoms with Gasteiger partial charge in [0.25, 0.3) is 17.4 Å². The van der Waals surface area contributed by atoms with Crippen molar-refractivity contribution in [2.45, 2.75) is 26.2 Å². The van der Waals surface area contributed by atoms with Crippen molar-refractivity contribution in [3.8, 4) is 11.1 Å². The Morgan fingerprint density at radius 3 is 2.49 bits per heavy atom. The first-order chi connectivity index (χ1) is 22.5. The lowest BCUT2D eigenvalue weighted by Crippen LogP contribution is -2.40. The van der Waals surface area contributed by atoms with Crippen molar-refractivity contribution < 1.29 is 19.1 Å². The first-order valence-corrected chi connectivity index (χ1v) is 15.6. The predicted octanol–water partition coefficient (Wildman–Crippen LogP) is 4.85. The van der Waals surface area contributed by atoms with E-state index < -0.39 is 0 Å². The Morgan fingerprint density at radius 1 is 1.00 bits per heavy atom. The zero-order valence-corrected chi connectivity index (χ0v) is 27.0. The number of pyridine rings is 2. The molecule has 0 atom stereocenters. The van der Waals surface area contributed by atoms with Gasteiger partial charge >= 0.3 is 0 Å². The first kappa shape index (κ1) is 31.7. The smallest absolute Gasteiger partial charge is 0.274 e. The number of carbonyl (C=O) groups is 3. The normalized spacial score (nSPS) is 15.0. The highest BCUT2D eigenvalue weighted by atomic mass is 16.5. The number of fused-ring (bicyclic) bond motifs is 1. The second-order valence-corrected chi connectivity index (χ2v) is 12.8. The zero-order chi connectivity index (χ0) is 33.3. The van der Waals surface area contributed by atoms with Crippen molar-refractivity contribution in [3.63, 3.8) is 0 Å². The summed E-state index contributed by atoms with van der Waals surface area (Å²) in [5.41, 5.74) is 4.75. The monoisotopic (exact) mass is 634 g/mol. The number of hydrogen-bond donors (Lipinski definition) is 2. The molecule has 2 amide bonds. The number of hydrogen-bond acceptors (Lipinski definition) is 8. The fraction of sp³-hybridized carbons (Fsp3) is 0.306. The third-order valence-corrected chi connectivity index (χ3v) is 8.57. The molecule has 242 valence electrons. The molecule has 2 N–H and O–H groups in total. The number of nitrogens with one attached hydrogen (secondary N) is 2. The molecule has 2 aromatic carbocycles. The second kappa shape index (κ2) is 12.8. The fourth-order valence-corrected chi connectivity index (χ4v) is 5.92. The van der Waals surface area contributed by atoms with E-state index in [-0.39, 0.29) is 28.5 Å². The minimum Gasteiger partial charge on any atom is -0.383 e. The van der Waals surface area contributed by atoms with Crippen molar-refractivity contribution in [2.75, 3.05) is 54.9 Å². The van der Waals surface area contributed by atoms with Gasteiger partial charge in [0.2, 0.25) is 0 Å². The van der Waals surface area contributed by atoms with Crippen LogP contribution in [-0.4, -0.2) is 71.9 Å². The van der Waals surface area contributed by atoms with Crippen LogP contribution in [0.2, 0.25) is 0 Å². The zero-order valence-electron chi connectivity index (χ0n) is 27.0. The molecule has 1 fully saturated rings. The molecule has 0 aliphatic carbocycles. The summed E-state index contributed by atoms with van der Waals surface area (Å²) in [4.78, 5) is 60.3. The van der Waals surface area contributed by atoms with Crippen LogP contribution in [0.25, 0.3) is 11.1 Å². The van der Waals surface area contributed by atoms with Crippen molar-refractivity contribution in [1.82, 2.24) is 14.5 Å². The highest BCUT2D eigenvalue weighted by Gasteiger charge is 2.28. The molecule has 2 aliphatic rings. The van der Waals surface area contributed by atoms with Gasteiger partial charge in [0, 0.05) is 62.4 Å². The van der Waals surface area contributed by atoms with E-state index in [2.05, 4.69) is 36.4 Å². The number of aldehydes is 1. The van der Waals surface area contributed by atoms with E-state index in [9.17, 15) is 19.2 Å². The molecular weight excluding hydrogens is 596 g/mol. The Bertz CT molecular complexity index is 1900. The lowest BCUT2D eigenvalue weighted by Gasteiger charge is -2.26. The summed E-state index contributed by atoms with van der Waals surface area (Å²) < 4.78 is 6.76. The standard InChI is InChI=1S/C36H38N6O5/c1-36(2,3)25-9-10-27-29(19-25)37-12-13-42(34(27)45)31-7-5-6-26(28(31)22-43)24-18-30(35(46)40(4)21-24)39-32-11-8-23(20-38-32)33(44)41-14-16-47-17-15-41/h5-11,18-22,37H,12-17H2,1-4H3,(H,38,39). The molecule has 4 heterocycles. The first-order valence-electron chi connectivity index (χ1n) is 15.6. The lowest BCUT2D eigenvalue weighted by atomic mass is 9.86. The molecule has 0 saturated carbocycles. The summed E-state index contributed by atoms with van der Waals surface area (Å²) in [6.45, 7) is 9.32. The summed E-state index contributed by atoms with van der Waals surface area (Å²) in [7, 11) is 1.63. The third kappa shape index (κ3) is 6.39. The van der Waals surface area contributed by atoms with E-state index in [0.29, 0.717) is 78.7 Å². The molecule has 2 aromatic heterocycles. The maximum Gasteiger partial charge on any atom is 0.274 e. The SMILES string of the molecule is Cn1cc(-c2cccc(N3CCNc4cc(C(C)(C)C)ccc4C3=O)c2C=O)cc(Nc2ccc(C(=O)N3CCOCC3)cn2)c1=O. The maximum atomic E-state index is 13.9. The van der Waals surface area contributed by atoms with Crippen LogP contribution in [0.5, 0.6) is 0 Å². The highest BCUT2D eigenvalue weighted by molar-refractivity contribution is 6.13. The number of anilines is 4. The number of amides is 2. The number of aryl methyl sites for hydroxylation is 1. The van der Waals surface area contributed by atoms with Gasteiger partial charge in [-0.05, 0) is 52.9 Å². The van der Waals surface area contributed by atoms with Crippen LogP contribution in [0, 0.1) is 0 Å². The van der Waals surface area contributed by atoms with Crippen molar-refractivity contribution in [2.24, 2.45) is 7.05 Å². The summed E-state index contributed by atoms with van der Waals surface area (Å²) in [5, 5.41) is 6.47. The van der Waals surface area contributed by atoms with E-state index in [4.69, 9.17) is 4.74 Å². The lowest BCUT2D eigenvalue weighted by molar-refractivity contribution is 0.0302. The van der Waals surface area contributed by atoms with Gasteiger partial charge in [0.15, 0.2) is 6.29 Å². The Morgan fingerprint density at radius 2 is 1.79 bits per heavy atom. The van der Waals surface area contributed by atoms with Crippen LogP contribution in [0.15, 0.2) is 71.8 Å². The summed E-state index contributed by atoms with van der Waals surface area (Å²) in [6.07, 6.45) is 3.90. The van der Waals surface area contributed by atoms with Gasteiger partial charge in [0.1, 0.15) is 11.5 Å². The average molecular weight is 635 g/mol. The Hall–Kier alpha value is -5.29. The Kier molecular flexibility index (Phi) is 8.65. The molecular formula is C36H38N6O5. The molecule has 4 aromatic rings. The van der Waals surface area contributed by atoms with E-state index in [1.807, 2.05) is 18.2 Å². The van der Waals surface area contributed by atoms with Gasteiger partial charge in [-0.3, -0.25) is 19.2 Å². The number of benzene rings is 2. The van der Waals surface area contributed by atoms with Gasteiger partial charge in [-0.1, -0.05) is 39.0 Å². The summed E-state index contributed by atoms with van der Waals surface area (Å²) in [6, 6.07) is 16.2. The van der Waals surface area contributed by atoms with Crippen LogP contribution >= 0.6 is 0 Å². The minimum absolute atomic E-state index is 0.0736. The number of morpholine rings is 1. The number of nitrogens with zero attached hydrogens (tertiary/aromatic N) is 4. The Labute approximate surface area is 273 Å². The number of aromatic nitrogens is 2. The maximum absolute atomic E-state index is 13.9. The third-order valence-electron chi connectivity index (χ3n) is 8.57. The van der Waals surface area contributed by atoms with Gasteiger partial charge in [-0.25, -0.2) is 4.98 Å². The quantitative estimate of drug-likeness (QED) is 0.289. The minimum atomic E-state index is -0.298. The van der Waals surface area contributed by atoms with Gasteiger partial charge in [-0.2, -0.15) is 0 Å². The predicted molar refractivity (Wildman–Crippen MR) is 182 cm³/mol. The largest absolute Gasteiger partial charge is 0.383 e. The van der Waals surface area contributed by atoms with E-state index >= 15 is 0 Å². The molecule has 11 heteroatoms. The van der Waals surface area contributed by atoms with Gasteiger partial charge in [-0.15, -0.1) is 0 Å². The van der Waals surface area contributed by atoms with Crippen LogP contribution in [0.3, 0.4) is 0 Å². The summed E-state index contributed by atoms with van der Waals surface area (Å²) in [5.74, 6) is 0.0663. The molecule has 1 saturated heterocycles. The molecule has 11 nitrogen and oxygen atoms in total. The molecule has 0 bridgehead atoms. The molecule has 0 spiro atoms. The molecule has 47 heavy (non-hydrogen) atoms. The average Bonchev–Trinajstić information content (AvgIpc) is 3.24. The van der Waals surface area contributed by atoms with Crippen LogP contribution in [0.1, 0.15) is 57.4 Å². The molecule has 0 radical (unpaired) electrons. The van der Waals surface area contributed by atoms with Crippen molar-refractivity contribution >= 4 is 41.0 Å². The molecule has 0 unspecified atom stereocenters. The van der Waals surface area contributed by atoms with Crippen molar-refractivity contribution in [3.05, 3.63) is 99.6 Å². The van der Waals surface area contributed by atoms with E-state index in [1.165, 1.54) is 10.8 Å². The highest BCUT2D eigenvalue weighted by Crippen LogP contribution is 2.35. The van der Waals surface area contributed by atoms with Crippen molar-refractivity contribution in [1.29, 1.82) is 0 Å². The van der Waals surface area contributed by atoms with E-state index in [0.717, 1.165) is 17.5 Å². The number of rotatable bonds is 6. The van der Waals surface area contributed by atoms with E-state index in [1.54, 1.807) is 59.4 Å². The fourth-order valence-electron chi connectivity index (χ4n) is 5.92. The molecule has 2 aliphatic heterocycles. The second-order valence-electron chi connectivity index (χ2n) is 12.8. The molecule has 6 rings (SSSR count). The van der Waals surface area contributed by atoms with Crippen LogP contribution < -0.4 is 21.1 Å². The topological polar surface area (TPSA) is 126 Å². The Balaban J connectivity index is 1.30. The van der Waals surface area contributed by atoms with Crippen LogP contribution in [-0.2, 0) is 17.2 Å². The van der Waals surface area contributed by atoms with Crippen LogP contribution in [0.4, 0.5) is 22.9 Å². The van der Waals surface area contributed by atoms with Gasteiger partial charge < -0.3 is 29.7 Å².